The Balaban J connectivity index is 2.89. The van der Waals surface area contributed by atoms with E-state index >= 15 is 0 Å². The second-order valence-electron chi connectivity index (χ2n) is 4.45. The molecular formula is C10H19N3O5S. The number of hydrogen-bond acceptors (Lipinski definition) is 4. The van der Waals surface area contributed by atoms with Crippen molar-refractivity contribution in [3.8, 4) is 0 Å². The Kier molecular flexibility index (Phi) is 5.70. The zero-order chi connectivity index (χ0) is 14.5. The number of carbonyl (C=O) groups excluding carboxylic acids is 1. The quantitative estimate of drug-likeness (QED) is 0.649. The van der Waals surface area contributed by atoms with E-state index in [1.807, 2.05) is 0 Å². The molecule has 110 valence electrons. The maximum absolute atomic E-state index is 12.3. The van der Waals surface area contributed by atoms with Crippen molar-refractivity contribution in [3.05, 3.63) is 0 Å². The number of carbonyl (C=O) groups is 2. The van der Waals surface area contributed by atoms with Gasteiger partial charge in [-0.25, -0.2) is 0 Å². The highest BCUT2D eigenvalue weighted by Crippen LogP contribution is 2.16. The van der Waals surface area contributed by atoms with Crippen molar-refractivity contribution in [2.75, 3.05) is 26.2 Å². The molecule has 3 N–H and O–H groups in total. The Morgan fingerprint density at radius 3 is 2.05 bits per heavy atom. The molecular weight excluding hydrogens is 274 g/mol. The van der Waals surface area contributed by atoms with E-state index < -0.39 is 35.2 Å². The zero-order valence-electron chi connectivity index (χ0n) is 10.6. The van der Waals surface area contributed by atoms with E-state index in [2.05, 4.69) is 0 Å². The molecule has 0 aromatic heterocycles. The molecule has 0 bridgehead atoms. The van der Waals surface area contributed by atoms with Crippen molar-refractivity contribution < 1.29 is 23.1 Å². The van der Waals surface area contributed by atoms with Crippen molar-refractivity contribution in [2.24, 2.45) is 5.73 Å². The first kappa shape index (κ1) is 15.9. The van der Waals surface area contributed by atoms with Crippen LogP contribution in [0.5, 0.6) is 0 Å². The van der Waals surface area contributed by atoms with Gasteiger partial charge in [-0.05, 0) is 12.8 Å². The molecule has 0 spiro atoms. The van der Waals surface area contributed by atoms with E-state index in [-0.39, 0.29) is 0 Å². The van der Waals surface area contributed by atoms with Gasteiger partial charge in [0.2, 0.25) is 5.91 Å². The normalized spacial score (nSPS) is 18.2. The fourth-order valence-electron chi connectivity index (χ4n) is 1.98. The number of amides is 1. The van der Waals surface area contributed by atoms with Crippen molar-refractivity contribution in [1.29, 1.82) is 0 Å². The molecule has 0 aromatic rings. The van der Waals surface area contributed by atoms with Crippen molar-refractivity contribution >= 4 is 22.1 Å². The van der Waals surface area contributed by atoms with Gasteiger partial charge in [0, 0.05) is 13.1 Å². The van der Waals surface area contributed by atoms with Gasteiger partial charge < -0.3 is 10.8 Å². The monoisotopic (exact) mass is 293 g/mol. The Morgan fingerprint density at radius 1 is 1.11 bits per heavy atom. The Morgan fingerprint density at radius 2 is 1.63 bits per heavy atom. The van der Waals surface area contributed by atoms with Crippen LogP contribution in [0, 0.1) is 0 Å². The summed E-state index contributed by atoms with van der Waals surface area (Å²) in [4.78, 5) is 21.6. The van der Waals surface area contributed by atoms with Crippen LogP contribution in [-0.2, 0) is 19.8 Å². The highest BCUT2D eigenvalue weighted by Gasteiger charge is 2.32. The van der Waals surface area contributed by atoms with Gasteiger partial charge in [0.25, 0.3) is 10.2 Å². The maximum Gasteiger partial charge on any atom is 0.318 e. The van der Waals surface area contributed by atoms with E-state index in [0.29, 0.717) is 17.4 Å². The van der Waals surface area contributed by atoms with Crippen molar-refractivity contribution in [1.82, 2.24) is 8.61 Å². The van der Waals surface area contributed by atoms with Gasteiger partial charge >= 0.3 is 5.97 Å². The Bertz CT molecular complexity index is 412. The average Bonchev–Trinajstić information content (AvgIpc) is 2.55. The molecule has 0 atom stereocenters. The molecule has 9 heteroatoms. The molecule has 8 nitrogen and oxygen atoms in total. The minimum absolute atomic E-state index is 0.344. The molecule has 1 fully saturated rings. The van der Waals surface area contributed by atoms with Crippen LogP contribution in [0.15, 0.2) is 0 Å². The first-order valence-corrected chi connectivity index (χ1v) is 7.49. The van der Waals surface area contributed by atoms with E-state index in [0.717, 1.165) is 25.7 Å². The summed E-state index contributed by atoms with van der Waals surface area (Å²) in [7, 11) is -3.95. The molecule has 1 amide bonds. The van der Waals surface area contributed by atoms with E-state index in [1.54, 1.807) is 0 Å². The second-order valence-corrected chi connectivity index (χ2v) is 6.38. The lowest BCUT2D eigenvalue weighted by atomic mass is 10.2. The topological polar surface area (TPSA) is 121 Å². The second kappa shape index (κ2) is 6.83. The number of primary amides is 1. The van der Waals surface area contributed by atoms with E-state index in [9.17, 15) is 18.0 Å². The SMILES string of the molecule is NC(=O)CN(CC(=O)O)S(=O)(=O)N1CCCCCC1. The predicted octanol–water partition coefficient (Wildman–Crippen LogP) is -1.02. The molecule has 1 heterocycles. The van der Waals surface area contributed by atoms with Gasteiger partial charge in [0.1, 0.15) is 6.54 Å². The molecule has 0 saturated carbocycles. The van der Waals surface area contributed by atoms with Crippen LogP contribution < -0.4 is 5.73 Å². The average molecular weight is 293 g/mol. The van der Waals surface area contributed by atoms with Crippen molar-refractivity contribution in [2.45, 2.75) is 25.7 Å². The Hall–Kier alpha value is -1.19. The fraction of sp³-hybridized carbons (Fsp3) is 0.800. The number of hydrogen-bond donors (Lipinski definition) is 2. The number of carboxylic acid groups (broad SMARTS) is 1. The van der Waals surface area contributed by atoms with Crippen LogP contribution in [0.25, 0.3) is 0 Å². The Labute approximate surface area is 112 Å². The molecule has 1 saturated heterocycles. The summed E-state index contributed by atoms with van der Waals surface area (Å²) in [6.45, 7) is -0.693. The summed E-state index contributed by atoms with van der Waals surface area (Å²) in [5.74, 6) is -2.20. The van der Waals surface area contributed by atoms with Crippen LogP contribution in [-0.4, -0.2) is 60.2 Å². The lowest BCUT2D eigenvalue weighted by molar-refractivity contribution is -0.137. The number of carboxylic acids is 1. The van der Waals surface area contributed by atoms with Crippen LogP contribution in [0.1, 0.15) is 25.7 Å². The maximum atomic E-state index is 12.3. The molecule has 0 aliphatic carbocycles. The summed E-state index contributed by atoms with van der Waals surface area (Å²) in [5, 5.41) is 8.74. The molecule has 1 rings (SSSR count). The van der Waals surface area contributed by atoms with Gasteiger partial charge in [-0.1, -0.05) is 12.8 Å². The van der Waals surface area contributed by atoms with Crippen LogP contribution >= 0.6 is 0 Å². The molecule has 1 aliphatic rings. The largest absolute Gasteiger partial charge is 0.480 e. The number of aliphatic carboxylic acids is 1. The summed E-state index contributed by atoms with van der Waals surface area (Å²) in [6, 6.07) is 0. The van der Waals surface area contributed by atoms with Crippen molar-refractivity contribution in [3.63, 3.8) is 0 Å². The summed E-state index contributed by atoms with van der Waals surface area (Å²) in [5.41, 5.74) is 4.97. The summed E-state index contributed by atoms with van der Waals surface area (Å²) >= 11 is 0. The summed E-state index contributed by atoms with van der Waals surface area (Å²) < 4.78 is 26.4. The third kappa shape index (κ3) is 4.77. The van der Waals surface area contributed by atoms with Crippen LogP contribution in [0.3, 0.4) is 0 Å². The van der Waals surface area contributed by atoms with E-state index in [4.69, 9.17) is 10.8 Å². The van der Waals surface area contributed by atoms with E-state index in [1.165, 1.54) is 4.31 Å². The standard InChI is InChI=1S/C10H19N3O5S/c11-9(14)7-13(8-10(15)16)19(17,18)12-5-3-1-2-4-6-12/h1-8H2,(H2,11,14)(H,15,16). The van der Waals surface area contributed by atoms with Crippen LogP contribution in [0.2, 0.25) is 0 Å². The third-order valence-corrected chi connectivity index (χ3v) is 4.79. The molecule has 0 aromatic carbocycles. The smallest absolute Gasteiger partial charge is 0.318 e. The van der Waals surface area contributed by atoms with Gasteiger partial charge in [-0.2, -0.15) is 17.0 Å². The zero-order valence-corrected chi connectivity index (χ0v) is 11.4. The van der Waals surface area contributed by atoms with Gasteiger partial charge in [-0.15, -0.1) is 0 Å². The minimum Gasteiger partial charge on any atom is -0.480 e. The van der Waals surface area contributed by atoms with Gasteiger partial charge in [0.15, 0.2) is 0 Å². The molecule has 0 unspecified atom stereocenters. The lowest BCUT2D eigenvalue weighted by Crippen LogP contribution is -2.49. The highest BCUT2D eigenvalue weighted by atomic mass is 32.2. The van der Waals surface area contributed by atoms with Crippen LogP contribution in [0.4, 0.5) is 0 Å². The number of rotatable bonds is 6. The third-order valence-electron chi connectivity index (χ3n) is 2.86. The number of nitrogens with two attached hydrogens (primary N) is 1. The summed E-state index contributed by atoms with van der Waals surface area (Å²) in [6.07, 6.45) is 3.36. The predicted molar refractivity (Wildman–Crippen MR) is 67.4 cm³/mol. The van der Waals surface area contributed by atoms with Gasteiger partial charge in [0.05, 0.1) is 6.54 Å². The minimum atomic E-state index is -3.95. The molecule has 0 radical (unpaired) electrons. The fourth-order valence-corrected chi connectivity index (χ4v) is 3.59. The lowest BCUT2D eigenvalue weighted by Gasteiger charge is -2.27. The highest BCUT2D eigenvalue weighted by molar-refractivity contribution is 7.86. The molecule has 1 aliphatic heterocycles. The first-order chi connectivity index (χ1) is 8.84. The van der Waals surface area contributed by atoms with Gasteiger partial charge in [-0.3, -0.25) is 9.59 Å². The first-order valence-electron chi connectivity index (χ1n) is 6.09. The number of nitrogens with zero attached hydrogens (tertiary/aromatic N) is 2. The molecule has 19 heavy (non-hydrogen) atoms.